The highest BCUT2D eigenvalue weighted by Gasteiger charge is 2.36. The average molecular weight is 181 g/mol. The van der Waals surface area contributed by atoms with E-state index in [4.69, 9.17) is 0 Å². The molecular formula is C12H23N. The topological polar surface area (TPSA) is 12.0 Å². The highest BCUT2D eigenvalue weighted by atomic mass is 15.0. The molecule has 2 aliphatic rings. The second kappa shape index (κ2) is 3.61. The van der Waals surface area contributed by atoms with Crippen LogP contribution in [0.1, 0.15) is 46.5 Å². The predicted octanol–water partition coefficient (Wildman–Crippen LogP) is 2.81. The van der Waals surface area contributed by atoms with Crippen molar-refractivity contribution in [2.24, 2.45) is 17.8 Å². The van der Waals surface area contributed by atoms with Crippen LogP contribution < -0.4 is 5.32 Å². The molecule has 0 saturated heterocycles. The highest BCUT2D eigenvalue weighted by molar-refractivity contribution is 4.94. The number of hydrogen-bond acceptors (Lipinski definition) is 1. The second-order valence-electron chi connectivity index (χ2n) is 5.49. The molecular weight excluding hydrogens is 158 g/mol. The lowest BCUT2D eigenvalue weighted by Crippen LogP contribution is -2.41. The summed E-state index contributed by atoms with van der Waals surface area (Å²) in [5.41, 5.74) is 0. The number of hydrogen-bond donors (Lipinski definition) is 1. The van der Waals surface area contributed by atoms with Crippen molar-refractivity contribution >= 4 is 0 Å². The van der Waals surface area contributed by atoms with Gasteiger partial charge in [-0.3, -0.25) is 0 Å². The molecule has 0 heterocycles. The van der Waals surface area contributed by atoms with E-state index >= 15 is 0 Å². The lowest BCUT2D eigenvalue weighted by molar-refractivity contribution is 0.225. The summed E-state index contributed by atoms with van der Waals surface area (Å²) in [4.78, 5) is 0. The lowest BCUT2D eigenvalue weighted by atomic mass is 9.80. The van der Waals surface area contributed by atoms with Gasteiger partial charge in [0.2, 0.25) is 0 Å². The summed E-state index contributed by atoms with van der Waals surface area (Å²) in [5.74, 6) is 2.80. The molecule has 13 heavy (non-hydrogen) atoms. The molecule has 0 aromatic heterocycles. The van der Waals surface area contributed by atoms with Crippen molar-refractivity contribution in [2.45, 2.75) is 58.5 Å². The van der Waals surface area contributed by atoms with Crippen molar-refractivity contribution < 1.29 is 0 Å². The van der Waals surface area contributed by atoms with Crippen molar-refractivity contribution in [2.75, 3.05) is 0 Å². The van der Waals surface area contributed by atoms with Gasteiger partial charge in [-0.1, -0.05) is 27.2 Å². The summed E-state index contributed by atoms with van der Waals surface area (Å²) in [6, 6.07) is 1.68. The third-order valence-electron chi connectivity index (χ3n) is 4.00. The third-order valence-corrected chi connectivity index (χ3v) is 4.00. The van der Waals surface area contributed by atoms with E-state index in [1.165, 1.54) is 25.7 Å². The van der Waals surface area contributed by atoms with Gasteiger partial charge >= 0.3 is 0 Å². The first-order chi connectivity index (χ1) is 6.16. The largest absolute Gasteiger partial charge is 0.311 e. The summed E-state index contributed by atoms with van der Waals surface area (Å²) < 4.78 is 0. The molecule has 0 aromatic carbocycles. The van der Waals surface area contributed by atoms with Crippen LogP contribution in [0.2, 0.25) is 0 Å². The summed E-state index contributed by atoms with van der Waals surface area (Å²) in [5, 5.41) is 3.82. The van der Waals surface area contributed by atoms with Crippen LogP contribution in [-0.4, -0.2) is 12.1 Å². The first kappa shape index (κ1) is 9.51. The van der Waals surface area contributed by atoms with E-state index < -0.39 is 0 Å². The molecule has 0 amide bonds. The smallest absolute Gasteiger partial charge is 0.00990 e. The Morgan fingerprint density at radius 3 is 2.08 bits per heavy atom. The van der Waals surface area contributed by atoms with Gasteiger partial charge in [-0.2, -0.15) is 0 Å². The van der Waals surface area contributed by atoms with Crippen molar-refractivity contribution in [3.63, 3.8) is 0 Å². The number of rotatable bonds is 2. The Kier molecular flexibility index (Phi) is 2.64. The molecule has 2 fully saturated rings. The van der Waals surface area contributed by atoms with Gasteiger partial charge in [0.15, 0.2) is 0 Å². The van der Waals surface area contributed by atoms with Gasteiger partial charge < -0.3 is 5.32 Å². The maximum absolute atomic E-state index is 3.82. The summed E-state index contributed by atoms with van der Waals surface area (Å²) in [6.45, 7) is 7.17. The fourth-order valence-electron chi connectivity index (χ4n) is 2.59. The Morgan fingerprint density at radius 1 is 0.846 bits per heavy atom. The van der Waals surface area contributed by atoms with E-state index in [0.29, 0.717) is 0 Å². The lowest BCUT2D eigenvalue weighted by Gasteiger charge is -2.33. The first-order valence-electron chi connectivity index (χ1n) is 5.93. The Hall–Kier alpha value is -0.0400. The van der Waals surface area contributed by atoms with Gasteiger partial charge in [-0.05, 0) is 37.0 Å². The van der Waals surface area contributed by atoms with E-state index in [1.54, 1.807) is 0 Å². The van der Waals surface area contributed by atoms with Crippen LogP contribution in [-0.2, 0) is 0 Å². The van der Waals surface area contributed by atoms with Crippen molar-refractivity contribution in [1.29, 1.82) is 0 Å². The fourth-order valence-corrected chi connectivity index (χ4v) is 2.59. The first-order valence-corrected chi connectivity index (χ1v) is 5.93. The highest BCUT2D eigenvalue weighted by Crippen LogP contribution is 2.34. The van der Waals surface area contributed by atoms with Gasteiger partial charge in [-0.25, -0.2) is 0 Å². The summed E-state index contributed by atoms with van der Waals surface area (Å²) >= 11 is 0. The summed E-state index contributed by atoms with van der Waals surface area (Å²) in [6.07, 6.45) is 5.70. The molecule has 5 atom stereocenters. The van der Waals surface area contributed by atoms with Gasteiger partial charge in [0.1, 0.15) is 0 Å². The molecule has 0 radical (unpaired) electrons. The van der Waals surface area contributed by atoms with E-state index in [-0.39, 0.29) is 0 Å². The molecule has 0 bridgehead atoms. The van der Waals surface area contributed by atoms with Gasteiger partial charge in [0.05, 0.1) is 0 Å². The minimum atomic E-state index is 0.818. The minimum absolute atomic E-state index is 0.818. The van der Waals surface area contributed by atoms with Crippen LogP contribution in [0.3, 0.4) is 0 Å². The van der Waals surface area contributed by atoms with Crippen LogP contribution in [0.5, 0.6) is 0 Å². The van der Waals surface area contributed by atoms with E-state index in [1.807, 2.05) is 0 Å². The zero-order valence-electron chi connectivity index (χ0n) is 9.22. The molecule has 0 aromatic rings. The molecule has 2 rings (SSSR count). The molecule has 0 aliphatic heterocycles. The van der Waals surface area contributed by atoms with Crippen LogP contribution in [0.4, 0.5) is 0 Å². The SMILES string of the molecule is CC1CCC(C)C(NC2CC2C)C1. The van der Waals surface area contributed by atoms with Crippen LogP contribution in [0.15, 0.2) is 0 Å². The van der Waals surface area contributed by atoms with Gasteiger partial charge in [0.25, 0.3) is 0 Å². The van der Waals surface area contributed by atoms with Crippen molar-refractivity contribution in [1.82, 2.24) is 5.32 Å². The van der Waals surface area contributed by atoms with Crippen molar-refractivity contribution in [3.8, 4) is 0 Å². The second-order valence-corrected chi connectivity index (χ2v) is 5.49. The quantitative estimate of drug-likeness (QED) is 0.690. The zero-order valence-corrected chi connectivity index (χ0v) is 9.22. The number of nitrogens with one attached hydrogen (secondary N) is 1. The van der Waals surface area contributed by atoms with Crippen LogP contribution >= 0.6 is 0 Å². The van der Waals surface area contributed by atoms with E-state index in [2.05, 4.69) is 26.1 Å². The zero-order chi connectivity index (χ0) is 9.42. The molecule has 5 unspecified atom stereocenters. The van der Waals surface area contributed by atoms with E-state index in [9.17, 15) is 0 Å². The summed E-state index contributed by atoms with van der Waals surface area (Å²) in [7, 11) is 0. The molecule has 2 saturated carbocycles. The van der Waals surface area contributed by atoms with Crippen LogP contribution in [0.25, 0.3) is 0 Å². The predicted molar refractivity (Wildman–Crippen MR) is 56.7 cm³/mol. The van der Waals surface area contributed by atoms with Gasteiger partial charge in [0, 0.05) is 12.1 Å². The maximum atomic E-state index is 3.82. The minimum Gasteiger partial charge on any atom is -0.311 e. The Bertz CT molecular complexity index is 178. The van der Waals surface area contributed by atoms with Crippen molar-refractivity contribution in [3.05, 3.63) is 0 Å². The van der Waals surface area contributed by atoms with E-state index in [0.717, 1.165) is 29.8 Å². The Morgan fingerprint density at radius 2 is 1.46 bits per heavy atom. The maximum Gasteiger partial charge on any atom is 0.00990 e. The molecule has 1 heteroatoms. The standard InChI is InChI=1S/C12H23N/c1-8-4-5-9(2)11(6-8)13-12-7-10(12)3/h8-13H,4-7H2,1-3H3. The monoisotopic (exact) mass is 181 g/mol. The molecule has 0 spiro atoms. The molecule has 1 N–H and O–H groups in total. The molecule has 2 aliphatic carbocycles. The normalized spacial score (nSPS) is 50.5. The Labute approximate surface area is 82.3 Å². The third kappa shape index (κ3) is 2.25. The fraction of sp³-hybridized carbons (Fsp3) is 1.00. The Balaban J connectivity index is 1.81. The molecule has 1 nitrogen and oxygen atoms in total. The average Bonchev–Trinajstić information content (AvgIpc) is 2.75. The molecule has 76 valence electrons. The van der Waals surface area contributed by atoms with Crippen LogP contribution in [0, 0.1) is 17.8 Å². The van der Waals surface area contributed by atoms with Gasteiger partial charge in [-0.15, -0.1) is 0 Å².